The molecule has 16 heavy (non-hydrogen) atoms. The van der Waals surface area contributed by atoms with E-state index in [9.17, 15) is 17.4 Å². The van der Waals surface area contributed by atoms with E-state index in [-0.39, 0.29) is 12.5 Å². The van der Waals surface area contributed by atoms with Gasteiger partial charge in [0.1, 0.15) is 0 Å². The van der Waals surface area contributed by atoms with Crippen LogP contribution in [0.4, 0.5) is 13.2 Å². The molecule has 0 aromatic heterocycles. The van der Waals surface area contributed by atoms with Crippen molar-refractivity contribution < 1.29 is 17.4 Å². The summed E-state index contributed by atoms with van der Waals surface area (Å²) >= 11 is 0. The number of rotatable bonds is 8. The average Bonchev–Trinajstić information content (AvgIpc) is 2.15. The Morgan fingerprint density at radius 3 is 2.50 bits per heavy atom. The van der Waals surface area contributed by atoms with E-state index in [1.54, 1.807) is 0 Å². The van der Waals surface area contributed by atoms with Crippen LogP contribution >= 0.6 is 0 Å². The molecular weight excluding hydrogens is 239 g/mol. The first-order valence-corrected chi connectivity index (χ1v) is 6.99. The van der Waals surface area contributed by atoms with Gasteiger partial charge in [-0.05, 0) is 19.8 Å². The molecule has 98 valence electrons. The van der Waals surface area contributed by atoms with Crippen molar-refractivity contribution in [3.8, 4) is 0 Å². The number of hydrogen-bond donors (Lipinski definition) is 1. The minimum atomic E-state index is -4.05. The fraction of sp³-hybridized carbons (Fsp3) is 1.00. The van der Waals surface area contributed by atoms with Crippen molar-refractivity contribution in [1.82, 2.24) is 5.32 Å². The van der Waals surface area contributed by atoms with E-state index in [1.807, 2.05) is 13.8 Å². The molecule has 2 nitrogen and oxygen atoms in total. The van der Waals surface area contributed by atoms with Crippen LogP contribution in [0.15, 0.2) is 0 Å². The fourth-order valence-corrected chi connectivity index (χ4v) is 1.91. The fourth-order valence-electron chi connectivity index (χ4n) is 1.27. The lowest BCUT2D eigenvalue weighted by molar-refractivity contribution is -0.135. The molecule has 0 aliphatic heterocycles. The maximum atomic E-state index is 11.8. The summed E-state index contributed by atoms with van der Waals surface area (Å²) in [6, 6.07) is 0.0520. The molecule has 0 saturated carbocycles. The van der Waals surface area contributed by atoms with Crippen molar-refractivity contribution in [2.24, 2.45) is 0 Å². The molecule has 1 N–H and O–H groups in total. The second-order valence-corrected chi connectivity index (χ2v) is 5.66. The zero-order chi connectivity index (χ0) is 12.6. The van der Waals surface area contributed by atoms with Gasteiger partial charge in [-0.1, -0.05) is 6.92 Å². The minimum absolute atomic E-state index is 0.0520. The molecule has 0 rings (SSSR count). The smallest absolute Gasteiger partial charge is 0.313 e. The molecule has 0 aliphatic carbocycles. The molecule has 0 saturated heterocycles. The Bertz CT molecular complexity index is 209. The van der Waals surface area contributed by atoms with Crippen LogP contribution in [-0.2, 0) is 10.8 Å². The van der Waals surface area contributed by atoms with Crippen molar-refractivity contribution in [1.29, 1.82) is 0 Å². The third-order valence-corrected chi connectivity index (χ3v) is 3.55. The maximum Gasteiger partial charge on any atom is 0.389 e. The van der Waals surface area contributed by atoms with Crippen molar-refractivity contribution in [3.05, 3.63) is 0 Å². The topological polar surface area (TPSA) is 29.1 Å². The van der Waals surface area contributed by atoms with Crippen molar-refractivity contribution in [2.75, 3.05) is 18.1 Å². The maximum absolute atomic E-state index is 11.8. The van der Waals surface area contributed by atoms with Gasteiger partial charge in [0.25, 0.3) is 0 Å². The van der Waals surface area contributed by atoms with Gasteiger partial charge in [0.2, 0.25) is 0 Å². The highest BCUT2D eigenvalue weighted by Gasteiger charge is 2.26. The van der Waals surface area contributed by atoms with E-state index in [0.717, 1.165) is 0 Å². The number of nitrogens with one attached hydrogen (secondary N) is 1. The van der Waals surface area contributed by atoms with Gasteiger partial charge < -0.3 is 5.32 Å². The zero-order valence-electron chi connectivity index (χ0n) is 9.77. The predicted molar refractivity (Wildman–Crippen MR) is 60.9 cm³/mol. The summed E-state index contributed by atoms with van der Waals surface area (Å²) in [7, 11) is -0.806. The van der Waals surface area contributed by atoms with Crippen LogP contribution in [0.2, 0.25) is 0 Å². The zero-order valence-corrected chi connectivity index (χ0v) is 10.6. The first-order valence-electron chi connectivity index (χ1n) is 5.50. The van der Waals surface area contributed by atoms with Crippen LogP contribution in [-0.4, -0.2) is 34.5 Å². The number of alkyl halides is 3. The van der Waals surface area contributed by atoms with Gasteiger partial charge in [0.05, 0.1) is 0 Å². The average molecular weight is 259 g/mol. The Kier molecular flexibility index (Phi) is 8.01. The predicted octanol–water partition coefficient (Wildman–Crippen LogP) is 2.47. The minimum Gasteiger partial charge on any atom is -0.313 e. The molecular formula is C10H20F3NOS. The van der Waals surface area contributed by atoms with Gasteiger partial charge in [-0.25, -0.2) is 0 Å². The second-order valence-electron chi connectivity index (χ2n) is 3.80. The molecule has 0 aromatic carbocycles. The van der Waals surface area contributed by atoms with Gasteiger partial charge in [0, 0.05) is 41.3 Å². The Morgan fingerprint density at radius 2 is 2.00 bits per heavy atom. The lowest BCUT2D eigenvalue weighted by atomic mass is 10.1. The molecule has 0 aromatic rings. The molecule has 0 bridgehead atoms. The Labute approximate surface area is 97.4 Å². The van der Waals surface area contributed by atoms with Gasteiger partial charge in [-0.3, -0.25) is 4.21 Å². The van der Waals surface area contributed by atoms with Crippen LogP contribution in [0, 0.1) is 0 Å². The van der Waals surface area contributed by atoms with Crippen molar-refractivity contribution in [2.45, 2.75) is 45.3 Å². The Morgan fingerprint density at radius 1 is 1.38 bits per heavy atom. The molecule has 0 spiro atoms. The summed E-state index contributed by atoms with van der Waals surface area (Å²) < 4.78 is 46.6. The third-order valence-electron chi connectivity index (χ3n) is 2.24. The molecule has 0 heterocycles. The van der Waals surface area contributed by atoms with Crippen molar-refractivity contribution >= 4 is 10.8 Å². The Balaban J connectivity index is 3.45. The highest BCUT2D eigenvalue weighted by atomic mass is 32.2. The van der Waals surface area contributed by atoms with Crippen LogP contribution in [0.25, 0.3) is 0 Å². The van der Waals surface area contributed by atoms with E-state index in [0.29, 0.717) is 24.5 Å². The highest BCUT2D eigenvalue weighted by molar-refractivity contribution is 7.84. The van der Waals surface area contributed by atoms with Crippen LogP contribution in [0.1, 0.15) is 33.1 Å². The number of halogens is 3. The van der Waals surface area contributed by atoms with Gasteiger partial charge in [0.15, 0.2) is 0 Å². The SMILES string of the molecule is CCS(=O)CCNC(C)CCCC(F)(F)F. The first kappa shape index (κ1) is 15.9. The largest absolute Gasteiger partial charge is 0.389 e. The van der Waals surface area contributed by atoms with E-state index >= 15 is 0 Å². The molecule has 0 fully saturated rings. The molecule has 2 unspecified atom stereocenters. The van der Waals surface area contributed by atoms with E-state index in [1.165, 1.54) is 0 Å². The van der Waals surface area contributed by atoms with Gasteiger partial charge in [-0.2, -0.15) is 13.2 Å². The summed E-state index contributed by atoms with van der Waals surface area (Å²) in [5.74, 6) is 1.20. The lowest BCUT2D eigenvalue weighted by Crippen LogP contribution is -2.30. The highest BCUT2D eigenvalue weighted by Crippen LogP contribution is 2.22. The summed E-state index contributed by atoms with van der Waals surface area (Å²) in [6.07, 6.45) is -4.13. The summed E-state index contributed by atoms with van der Waals surface area (Å²) in [4.78, 5) is 0. The van der Waals surface area contributed by atoms with Crippen molar-refractivity contribution in [3.63, 3.8) is 0 Å². The standard InChI is InChI=1S/C10H20F3NOS/c1-3-16(15)8-7-14-9(2)5-4-6-10(11,12)13/h9,14H,3-8H2,1-2H3. The molecule has 0 radical (unpaired) electrons. The summed E-state index contributed by atoms with van der Waals surface area (Å²) in [5, 5.41) is 3.07. The van der Waals surface area contributed by atoms with E-state index < -0.39 is 23.4 Å². The summed E-state index contributed by atoms with van der Waals surface area (Å²) in [5.41, 5.74) is 0. The normalized spacial score (nSPS) is 16.1. The quantitative estimate of drug-likeness (QED) is 0.725. The number of hydrogen-bond acceptors (Lipinski definition) is 2. The summed E-state index contributed by atoms with van der Waals surface area (Å²) in [6.45, 7) is 4.31. The van der Waals surface area contributed by atoms with Crippen LogP contribution in [0.5, 0.6) is 0 Å². The third kappa shape index (κ3) is 10.4. The Hall–Kier alpha value is -0.100. The van der Waals surface area contributed by atoms with E-state index in [2.05, 4.69) is 5.32 Å². The molecule has 2 atom stereocenters. The van der Waals surface area contributed by atoms with Gasteiger partial charge in [-0.15, -0.1) is 0 Å². The monoisotopic (exact) mass is 259 g/mol. The van der Waals surface area contributed by atoms with Crippen LogP contribution < -0.4 is 5.32 Å². The first-order chi connectivity index (χ1) is 7.35. The lowest BCUT2D eigenvalue weighted by Gasteiger charge is -2.14. The molecule has 0 amide bonds. The van der Waals surface area contributed by atoms with E-state index in [4.69, 9.17) is 0 Å². The van der Waals surface area contributed by atoms with Crippen LogP contribution in [0.3, 0.4) is 0 Å². The molecule has 6 heteroatoms. The van der Waals surface area contributed by atoms with Gasteiger partial charge >= 0.3 is 6.18 Å². The molecule has 0 aliphatic rings. The second kappa shape index (κ2) is 8.06.